The van der Waals surface area contributed by atoms with Crippen molar-refractivity contribution in [2.24, 2.45) is 17.8 Å². The number of ether oxygens (including phenoxy) is 3. The first-order valence-corrected chi connectivity index (χ1v) is 14.3. The molecule has 36 heavy (non-hydrogen) atoms. The van der Waals surface area contributed by atoms with E-state index in [1.54, 1.807) is 24.3 Å². The maximum absolute atomic E-state index is 14.9. The molecule has 1 saturated carbocycles. The molecule has 3 rings (SSSR count). The van der Waals surface area contributed by atoms with Crippen LogP contribution in [0.2, 0.25) is 0 Å². The van der Waals surface area contributed by atoms with Crippen LogP contribution in [-0.2, 0) is 9.09 Å². The van der Waals surface area contributed by atoms with Crippen LogP contribution in [0.4, 0.5) is 5.69 Å². The number of benzene rings is 2. The van der Waals surface area contributed by atoms with Crippen LogP contribution in [-0.4, -0.2) is 46.6 Å². The smallest absolute Gasteiger partial charge is 0.264 e. The normalized spacial score (nSPS) is 22.6. The van der Waals surface area contributed by atoms with Crippen molar-refractivity contribution in [1.82, 2.24) is 0 Å². The average Bonchev–Trinajstić information content (AvgIpc) is 2.87. The van der Waals surface area contributed by atoms with E-state index in [9.17, 15) is 9.67 Å². The van der Waals surface area contributed by atoms with Crippen molar-refractivity contribution in [3.05, 3.63) is 42.0 Å². The van der Waals surface area contributed by atoms with E-state index in [1.165, 1.54) is 21.3 Å². The molecule has 0 aromatic heterocycles. The van der Waals surface area contributed by atoms with Crippen molar-refractivity contribution in [3.8, 4) is 17.2 Å². The molecule has 2 aromatic rings. The van der Waals surface area contributed by atoms with Gasteiger partial charge in [-0.05, 0) is 72.6 Å². The van der Waals surface area contributed by atoms with Gasteiger partial charge in [0.2, 0.25) is 5.75 Å². The highest BCUT2D eigenvalue weighted by molar-refractivity contribution is 7.67. The van der Waals surface area contributed by atoms with Crippen LogP contribution in [0, 0.1) is 17.8 Å². The van der Waals surface area contributed by atoms with Crippen LogP contribution in [0.5, 0.6) is 17.2 Å². The summed E-state index contributed by atoms with van der Waals surface area (Å²) in [5.41, 5.74) is 1.35. The van der Waals surface area contributed by atoms with Crippen molar-refractivity contribution in [2.75, 3.05) is 40.3 Å². The standard InChI is InChI=1S/C28H42NO6P/c1-18(2)23-14-9-19(3)15-24(23)35-36(31,22-12-10-21(11-13-22)29(4)5)28(30)20-16-25(32-6)27(34-8)26(17-20)33-7/h10-13,16-19,23-24,28,30H,9,14-15H2,1-8H3/t19-,23+,24-,28+,36+/m1/s1. The van der Waals surface area contributed by atoms with Gasteiger partial charge in [0.25, 0.3) is 7.37 Å². The first-order valence-electron chi connectivity index (χ1n) is 12.6. The molecule has 2 aromatic carbocycles. The summed E-state index contributed by atoms with van der Waals surface area (Å²) in [6.45, 7) is 6.58. The van der Waals surface area contributed by atoms with Crippen molar-refractivity contribution >= 4 is 18.4 Å². The average molecular weight is 520 g/mol. The number of hydrogen-bond acceptors (Lipinski definition) is 7. The summed E-state index contributed by atoms with van der Waals surface area (Å²) < 4.78 is 37.9. The minimum atomic E-state index is -3.81. The summed E-state index contributed by atoms with van der Waals surface area (Å²) in [4.78, 5) is 1.98. The molecule has 1 aliphatic rings. The molecule has 0 unspecified atom stereocenters. The van der Waals surface area contributed by atoms with Gasteiger partial charge < -0.3 is 28.7 Å². The molecule has 0 spiro atoms. The highest BCUT2D eigenvalue weighted by atomic mass is 31.2. The molecule has 200 valence electrons. The zero-order valence-electron chi connectivity index (χ0n) is 22.9. The maximum atomic E-state index is 14.9. The fourth-order valence-electron chi connectivity index (χ4n) is 5.10. The van der Waals surface area contributed by atoms with Gasteiger partial charge in [-0.2, -0.15) is 0 Å². The van der Waals surface area contributed by atoms with E-state index in [0.717, 1.165) is 24.9 Å². The molecule has 0 aliphatic heterocycles. The molecular weight excluding hydrogens is 477 g/mol. The Balaban J connectivity index is 2.13. The first-order chi connectivity index (χ1) is 17.0. The lowest BCUT2D eigenvalue weighted by Gasteiger charge is -2.40. The minimum Gasteiger partial charge on any atom is -0.493 e. The second-order valence-electron chi connectivity index (χ2n) is 10.3. The van der Waals surface area contributed by atoms with Gasteiger partial charge in [0, 0.05) is 25.1 Å². The second-order valence-corrected chi connectivity index (χ2v) is 12.7. The molecule has 8 heteroatoms. The lowest BCUT2D eigenvalue weighted by Crippen LogP contribution is -2.35. The van der Waals surface area contributed by atoms with Crippen LogP contribution in [0.3, 0.4) is 0 Å². The lowest BCUT2D eigenvalue weighted by atomic mass is 9.75. The summed E-state index contributed by atoms with van der Waals surface area (Å²) >= 11 is 0. The summed E-state index contributed by atoms with van der Waals surface area (Å²) in [6.07, 6.45) is 2.73. The number of rotatable bonds is 10. The first kappa shape index (κ1) is 28.4. The van der Waals surface area contributed by atoms with E-state index >= 15 is 0 Å². The second kappa shape index (κ2) is 11.9. The molecule has 1 fully saturated rings. The van der Waals surface area contributed by atoms with E-state index < -0.39 is 13.2 Å². The molecule has 0 saturated heterocycles. The Bertz CT molecular complexity index is 1030. The van der Waals surface area contributed by atoms with Crippen LogP contribution < -0.4 is 24.4 Å². The van der Waals surface area contributed by atoms with E-state index in [0.29, 0.717) is 40.0 Å². The van der Waals surface area contributed by atoms with E-state index in [1.807, 2.05) is 31.1 Å². The third-order valence-electron chi connectivity index (χ3n) is 7.29. The molecular formula is C28H42NO6P. The Morgan fingerprint density at radius 1 is 0.972 bits per heavy atom. The molecule has 0 bridgehead atoms. The summed E-state index contributed by atoms with van der Waals surface area (Å²) in [5.74, 6) is 0.865. The van der Waals surface area contributed by atoms with Gasteiger partial charge in [0.1, 0.15) is 0 Å². The van der Waals surface area contributed by atoms with E-state index in [-0.39, 0.29) is 12.0 Å². The highest BCUT2D eigenvalue weighted by Gasteiger charge is 2.43. The number of nitrogens with zero attached hydrogens (tertiary/aromatic N) is 1. The largest absolute Gasteiger partial charge is 0.493 e. The Kier molecular flexibility index (Phi) is 9.37. The SMILES string of the molecule is COc1cc([C@@H](O)[P@@](=O)(O[C@@H]2C[C@H](C)CC[C@H]2C(C)C)c2ccc(N(C)C)cc2)cc(OC)c1OC. The van der Waals surface area contributed by atoms with Crippen LogP contribution in [0.15, 0.2) is 36.4 Å². The molecule has 0 radical (unpaired) electrons. The number of hydrogen-bond donors (Lipinski definition) is 1. The zero-order valence-corrected chi connectivity index (χ0v) is 23.7. The zero-order chi connectivity index (χ0) is 26.6. The van der Waals surface area contributed by atoms with Gasteiger partial charge in [-0.1, -0.05) is 27.2 Å². The maximum Gasteiger partial charge on any atom is 0.264 e. The van der Waals surface area contributed by atoms with Gasteiger partial charge >= 0.3 is 0 Å². The van der Waals surface area contributed by atoms with Crippen LogP contribution >= 0.6 is 7.37 Å². The molecule has 7 nitrogen and oxygen atoms in total. The molecule has 5 atom stereocenters. The van der Waals surface area contributed by atoms with E-state index in [2.05, 4.69) is 20.8 Å². The topological polar surface area (TPSA) is 77.5 Å². The lowest BCUT2D eigenvalue weighted by molar-refractivity contribution is 0.0427. The summed E-state index contributed by atoms with van der Waals surface area (Å²) in [6, 6.07) is 10.7. The Hall–Kier alpha value is -2.21. The monoisotopic (exact) mass is 519 g/mol. The van der Waals surface area contributed by atoms with Crippen molar-refractivity contribution in [1.29, 1.82) is 0 Å². The Labute approximate surface area is 216 Å². The number of methoxy groups -OCH3 is 3. The van der Waals surface area contributed by atoms with Gasteiger partial charge in [-0.3, -0.25) is 4.57 Å². The van der Waals surface area contributed by atoms with Crippen molar-refractivity contribution < 1.29 is 28.4 Å². The minimum absolute atomic E-state index is 0.218. The number of anilines is 1. The quantitative estimate of drug-likeness (QED) is 0.395. The number of aliphatic hydroxyl groups excluding tert-OH is 1. The summed E-state index contributed by atoms with van der Waals surface area (Å²) in [5, 5.41) is 12.2. The van der Waals surface area contributed by atoms with Crippen LogP contribution in [0.25, 0.3) is 0 Å². The number of aliphatic hydroxyl groups is 1. The molecule has 0 heterocycles. The highest BCUT2D eigenvalue weighted by Crippen LogP contribution is 2.61. The third kappa shape index (κ3) is 5.85. The van der Waals surface area contributed by atoms with Crippen molar-refractivity contribution in [2.45, 2.75) is 52.0 Å². The van der Waals surface area contributed by atoms with E-state index in [4.69, 9.17) is 18.7 Å². The van der Waals surface area contributed by atoms with Crippen LogP contribution in [0.1, 0.15) is 51.4 Å². The van der Waals surface area contributed by atoms with Gasteiger partial charge in [0.05, 0.1) is 27.4 Å². The molecule has 0 amide bonds. The fraction of sp³-hybridized carbons (Fsp3) is 0.571. The van der Waals surface area contributed by atoms with Gasteiger partial charge in [-0.25, -0.2) is 0 Å². The summed E-state index contributed by atoms with van der Waals surface area (Å²) in [7, 11) is 4.64. The Morgan fingerprint density at radius 2 is 1.56 bits per heavy atom. The van der Waals surface area contributed by atoms with Crippen molar-refractivity contribution in [3.63, 3.8) is 0 Å². The van der Waals surface area contributed by atoms with Gasteiger partial charge in [-0.15, -0.1) is 0 Å². The molecule has 1 N–H and O–H groups in total. The predicted molar refractivity (Wildman–Crippen MR) is 145 cm³/mol. The van der Waals surface area contributed by atoms with Gasteiger partial charge in [0.15, 0.2) is 17.3 Å². The predicted octanol–water partition coefficient (Wildman–Crippen LogP) is 5.85. The third-order valence-corrected chi connectivity index (χ3v) is 9.83. The Morgan fingerprint density at radius 3 is 2.03 bits per heavy atom. The fourth-order valence-corrected chi connectivity index (χ4v) is 7.37. The molecule has 1 aliphatic carbocycles.